The smallest absolute Gasteiger partial charge is 0.327 e. The molecule has 1 aromatic heterocycles. The molecule has 10 heteroatoms. The standard InChI is InChI=1S/C14H15N3O5S.K/c1-14(2)9(13(21)22)17-11(20)7(12(17)23-14)16-10(19)8(18)6-4-3-5-15-6;/h3-5,7,9,12,15H,1-2H3,(H,16,19)(H,21,22);/t7-,9+,12-;/m1./s1. The number of nitrogens with zero attached hydrogens (tertiary/aromatic N) is 1. The fraction of sp³-hybridized carbons (Fsp3) is 0.429. The molecule has 0 aromatic carbocycles. The number of H-pyrrole nitrogens is 1. The van der Waals surface area contributed by atoms with E-state index in [-0.39, 0.29) is 57.1 Å². The van der Waals surface area contributed by atoms with Crippen LogP contribution < -0.4 is 5.32 Å². The van der Waals surface area contributed by atoms with Crippen molar-refractivity contribution < 1.29 is 24.3 Å². The van der Waals surface area contributed by atoms with Crippen LogP contribution in [-0.4, -0.2) is 112 Å². The summed E-state index contributed by atoms with van der Waals surface area (Å²) in [5, 5.41) is 11.3. The number of aromatic amines is 1. The van der Waals surface area contributed by atoms with Crippen molar-refractivity contribution in [1.82, 2.24) is 15.2 Å². The Balaban J connectivity index is 0.00000208. The number of carbonyl (C=O) groups excluding carboxylic acids is 3. The van der Waals surface area contributed by atoms with E-state index in [0.29, 0.717) is 0 Å². The number of amides is 2. The zero-order chi connectivity index (χ0) is 16.9. The van der Waals surface area contributed by atoms with Crippen LogP contribution in [0.5, 0.6) is 0 Å². The summed E-state index contributed by atoms with van der Waals surface area (Å²) in [6.07, 6.45) is 1.52. The van der Waals surface area contributed by atoms with Crippen molar-refractivity contribution in [1.29, 1.82) is 0 Å². The Bertz CT molecular complexity index is 705. The Hall–Kier alpha value is -0.654. The van der Waals surface area contributed by atoms with Gasteiger partial charge in [0.1, 0.15) is 17.5 Å². The van der Waals surface area contributed by atoms with E-state index in [4.69, 9.17) is 0 Å². The molecule has 0 bridgehead atoms. The van der Waals surface area contributed by atoms with E-state index in [1.54, 1.807) is 19.9 Å². The Morgan fingerprint density at radius 2 is 2.04 bits per heavy atom. The number of rotatable bonds is 4. The number of fused-ring (bicyclic) bond motifs is 1. The Labute approximate surface area is 184 Å². The molecule has 1 aromatic rings. The molecule has 3 rings (SSSR count). The number of carboxylic acids is 1. The van der Waals surface area contributed by atoms with Crippen LogP contribution in [0.3, 0.4) is 0 Å². The number of Topliss-reactive ketones (excluding diaryl/α,β-unsaturated/α-hetero) is 1. The maximum absolute atomic E-state index is 12.2. The molecule has 2 saturated heterocycles. The molecule has 0 spiro atoms. The molecular weight excluding hydrogens is 361 g/mol. The zero-order valence-corrected chi connectivity index (χ0v) is 17.3. The second-order valence-corrected chi connectivity index (χ2v) is 7.73. The number of hydrogen-bond acceptors (Lipinski definition) is 5. The molecular formula is C14H15KN3O5S. The number of carboxylic acid groups (broad SMARTS) is 1. The van der Waals surface area contributed by atoms with E-state index in [1.807, 2.05) is 0 Å². The SMILES string of the molecule is CC1(C)S[C@@H]2[C@H](NC(=O)C(=O)c3ccc[nH]3)C(=O)N2[C@H]1C(=O)O.[K]. The normalized spacial score (nSPS) is 26.8. The van der Waals surface area contributed by atoms with Gasteiger partial charge in [-0.15, -0.1) is 11.8 Å². The molecule has 2 aliphatic heterocycles. The van der Waals surface area contributed by atoms with Gasteiger partial charge in [-0.25, -0.2) is 4.79 Å². The molecule has 8 nitrogen and oxygen atoms in total. The van der Waals surface area contributed by atoms with E-state index in [2.05, 4.69) is 10.3 Å². The van der Waals surface area contributed by atoms with E-state index in [1.165, 1.54) is 28.9 Å². The van der Waals surface area contributed by atoms with Gasteiger partial charge in [-0.3, -0.25) is 14.4 Å². The van der Waals surface area contributed by atoms with E-state index >= 15 is 0 Å². The van der Waals surface area contributed by atoms with Gasteiger partial charge in [-0.2, -0.15) is 0 Å². The number of β-lactam (4-membered cyclic amide) rings is 1. The van der Waals surface area contributed by atoms with Crippen LogP contribution in [0.1, 0.15) is 24.3 Å². The third-order valence-electron chi connectivity index (χ3n) is 4.01. The van der Waals surface area contributed by atoms with Gasteiger partial charge in [-0.05, 0) is 26.0 Å². The number of nitrogens with one attached hydrogen (secondary N) is 2. The third-order valence-corrected chi connectivity index (χ3v) is 5.58. The molecule has 0 aliphatic carbocycles. The summed E-state index contributed by atoms with van der Waals surface area (Å²) in [6.45, 7) is 3.48. The first-order valence-corrected chi connectivity index (χ1v) is 7.83. The number of aromatic nitrogens is 1. The molecule has 0 saturated carbocycles. The van der Waals surface area contributed by atoms with Gasteiger partial charge in [0.05, 0.1) is 5.69 Å². The molecule has 1 radical (unpaired) electrons. The number of hydrogen-bond donors (Lipinski definition) is 3. The van der Waals surface area contributed by atoms with Crippen LogP contribution in [0.15, 0.2) is 18.3 Å². The Morgan fingerprint density at radius 1 is 1.38 bits per heavy atom. The van der Waals surface area contributed by atoms with Crippen LogP contribution in [-0.2, 0) is 14.4 Å². The summed E-state index contributed by atoms with van der Waals surface area (Å²) in [7, 11) is 0. The maximum Gasteiger partial charge on any atom is 0.327 e. The Morgan fingerprint density at radius 3 is 2.58 bits per heavy atom. The van der Waals surface area contributed by atoms with Gasteiger partial charge in [0.15, 0.2) is 0 Å². The Kier molecular flexibility index (Phi) is 5.67. The second-order valence-electron chi connectivity index (χ2n) is 5.96. The molecule has 24 heavy (non-hydrogen) atoms. The fourth-order valence-electron chi connectivity index (χ4n) is 2.95. The number of ketones is 1. The molecule has 2 aliphatic rings. The summed E-state index contributed by atoms with van der Waals surface area (Å²) >= 11 is 1.31. The van der Waals surface area contributed by atoms with Gasteiger partial charge in [-0.1, -0.05) is 0 Å². The van der Waals surface area contributed by atoms with Crippen molar-refractivity contribution in [2.24, 2.45) is 0 Å². The van der Waals surface area contributed by atoms with Gasteiger partial charge in [0.2, 0.25) is 5.91 Å². The van der Waals surface area contributed by atoms with Crippen LogP contribution in [0.25, 0.3) is 0 Å². The summed E-state index contributed by atoms with van der Waals surface area (Å²) in [6, 6.07) is 1.22. The van der Waals surface area contributed by atoms with Crippen LogP contribution in [0.2, 0.25) is 0 Å². The minimum absolute atomic E-state index is 0. The average Bonchev–Trinajstić information content (AvgIpc) is 3.08. The minimum Gasteiger partial charge on any atom is -0.480 e. The monoisotopic (exact) mass is 376 g/mol. The van der Waals surface area contributed by atoms with E-state index < -0.39 is 45.8 Å². The third kappa shape index (κ3) is 3.11. The van der Waals surface area contributed by atoms with E-state index in [0.717, 1.165) is 0 Å². The summed E-state index contributed by atoms with van der Waals surface area (Å²) in [5.41, 5.74) is 0.133. The molecule has 123 valence electrons. The van der Waals surface area contributed by atoms with Gasteiger partial charge in [0, 0.05) is 62.3 Å². The summed E-state index contributed by atoms with van der Waals surface area (Å²) in [4.78, 5) is 51.4. The van der Waals surface area contributed by atoms with Gasteiger partial charge < -0.3 is 20.3 Å². The van der Waals surface area contributed by atoms with Crippen molar-refractivity contribution in [3.63, 3.8) is 0 Å². The van der Waals surface area contributed by atoms with Crippen LogP contribution in [0, 0.1) is 0 Å². The van der Waals surface area contributed by atoms with Gasteiger partial charge in [0.25, 0.3) is 11.7 Å². The molecule has 3 N–H and O–H groups in total. The minimum atomic E-state index is -1.08. The molecule has 2 fully saturated rings. The summed E-state index contributed by atoms with van der Waals surface area (Å²) in [5.74, 6) is -3.21. The molecule has 3 heterocycles. The zero-order valence-electron chi connectivity index (χ0n) is 13.4. The maximum atomic E-state index is 12.2. The summed E-state index contributed by atoms with van der Waals surface area (Å²) < 4.78 is -0.672. The van der Waals surface area contributed by atoms with Crippen molar-refractivity contribution >= 4 is 86.7 Å². The topological polar surface area (TPSA) is 120 Å². The number of thioether (sulfide) groups is 1. The van der Waals surface area contributed by atoms with E-state index in [9.17, 15) is 24.3 Å². The van der Waals surface area contributed by atoms with Crippen molar-refractivity contribution in [3.05, 3.63) is 24.0 Å². The molecule has 0 unspecified atom stereocenters. The largest absolute Gasteiger partial charge is 0.480 e. The first kappa shape index (κ1) is 19.7. The first-order chi connectivity index (χ1) is 10.7. The van der Waals surface area contributed by atoms with Crippen molar-refractivity contribution in [3.8, 4) is 0 Å². The van der Waals surface area contributed by atoms with Crippen LogP contribution >= 0.6 is 11.8 Å². The average molecular weight is 376 g/mol. The van der Waals surface area contributed by atoms with Crippen molar-refractivity contribution in [2.75, 3.05) is 0 Å². The molecule has 2 amide bonds. The quantitative estimate of drug-likeness (QED) is 0.281. The predicted octanol–water partition coefficient (Wildman–Crippen LogP) is -0.552. The number of aliphatic carboxylic acids is 1. The number of carbonyl (C=O) groups is 4. The van der Waals surface area contributed by atoms with Crippen LogP contribution in [0.4, 0.5) is 0 Å². The second kappa shape index (κ2) is 6.92. The van der Waals surface area contributed by atoms with Crippen molar-refractivity contribution in [2.45, 2.75) is 36.1 Å². The fourth-order valence-corrected chi connectivity index (χ4v) is 4.57. The molecule has 3 atom stereocenters. The van der Waals surface area contributed by atoms with Gasteiger partial charge >= 0.3 is 5.97 Å². The first-order valence-electron chi connectivity index (χ1n) is 6.95. The predicted molar refractivity (Wildman–Crippen MR) is 86.5 cm³/mol.